The van der Waals surface area contributed by atoms with Crippen molar-refractivity contribution in [1.82, 2.24) is 19.8 Å². The quantitative estimate of drug-likeness (QED) is 0.786. The number of piperidine rings is 1. The Hall–Kier alpha value is -1.03. The zero-order chi connectivity index (χ0) is 17.0. The summed E-state index contributed by atoms with van der Waals surface area (Å²) in [5, 5.41) is 8.39. The molecule has 24 heavy (non-hydrogen) atoms. The van der Waals surface area contributed by atoms with Crippen LogP contribution in [-0.4, -0.2) is 55.5 Å². The van der Waals surface area contributed by atoms with Crippen LogP contribution in [0, 0.1) is 0 Å². The molecular weight excluding hydrogens is 332 g/mol. The number of hydrogen-bond acceptors (Lipinski definition) is 7. The molecule has 9 heteroatoms. The van der Waals surface area contributed by atoms with Crippen LogP contribution < -0.4 is 4.72 Å². The monoisotopic (exact) mass is 358 g/mol. The van der Waals surface area contributed by atoms with Crippen LogP contribution in [0.25, 0.3) is 0 Å². The van der Waals surface area contributed by atoms with Crippen molar-refractivity contribution in [2.75, 3.05) is 32.0 Å². The Morgan fingerprint density at radius 3 is 2.79 bits per heavy atom. The topological polar surface area (TPSA) is 97.6 Å². The molecule has 2 atom stereocenters. The summed E-state index contributed by atoms with van der Waals surface area (Å²) < 4.78 is 37.2. The van der Waals surface area contributed by atoms with Gasteiger partial charge >= 0.3 is 0 Å². The third-order valence-corrected chi connectivity index (χ3v) is 6.07. The van der Waals surface area contributed by atoms with E-state index in [9.17, 15) is 8.42 Å². The van der Waals surface area contributed by atoms with Crippen LogP contribution in [0.15, 0.2) is 4.42 Å². The Kier molecular flexibility index (Phi) is 5.85. The van der Waals surface area contributed by atoms with Crippen molar-refractivity contribution in [1.29, 1.82) is 0 Å². The van der Waals surface area contributed by atoms with Crippen molar-refractivity contribution in [2.45, 2.75) is 51.2 Å². The fourth-order valence-electron chi connectivity index (χ4n) is 3.27. The molecule has 0 amide bonds. The molecule has 2 fully saturated rings. The van der Waals surface area contributed by atoms with Gasteiger partial charge in [0, 0.05) is 19.7 Å². The van der Waals surface area contributed by atoms with E-state index in [0.717, 1.165) is 45.3 Å². The smallest absolute Gasteiger partial charge is 0.245 e. The van der Waals surface area contributed by atoms with Gasteiger partial charge in [0.05, 0.1) is 11.8 Å². The molecular formula is C15H26N4O4S. The summed E-state index contributed by atoms with van der Waals surface area (Å²) >= 11 is 0. The second-order valence-corrected chi connectivity index (χ2v) is 8.42. The Morgan fingerprint density at radius 2 is 2.04 bits per heavy atom. The molecule has 0 spiro atoms. The SMILES string of the molecule is CCS(=O)(=O)NCCN1CCCCC1c1nnc([C@H]2CCCO2)o1. The summed E-state index contributed by atoms with van der Waals surface area (Å²) in [7, 11) is -3.15. The molecule has 0 bridgehead atoms. The van der Waals surface area contributed by atoms with E-state index in [4.69, 9.17) is 9.15 Å². The van der Waals surface area contributed by atoms with Crippen LogP contribution in [-0.2, 0) is 14.8 Å². The molecule has 3 heterocycles. The predicted octanol–water partition coefficient (Wildman–Crippen LogP) is 1.39. The lowest BCUT2D eigenvalue weighted by Crippen LogP contribution is -2.40. The van der Waals surface area contributed by atoms with E-state index < -0.39 is 10.0 Å². The third-order valence-electron chi connectivity index (χ3n) is 4.66. The largest absolute Gasteiger partial charge is 0.421 e. The molecule has 1 aromatic rings. The number of hydrogen-bond donors (Lipinski definition) is 1. The van der Waals surface area contributed by atoms with Crippen LogP contribution in [0.1, 0.15) is 63.0 Å². The van der Waals surface area contributed by atoms with Gasteiger partial charge in [-0.15, -0.1) is 10.2 Å². The average molecular weight is 358 g/mol. The van der Waals surface area contributed by atoms with Gasteiger partial charge in [0.15, 0.2) is 0 Å². The van der Waals surface area contributed by atoms with Gasteiger partial charge in [-0.1, -0.05) is 6.42 Å². The number of nitrogens with one attached hydrogen (secondary N) is 1. The molecule has 0 radical (unpaired) electrons. The van der Waals surface area contributed by atoms with E-state index in [2.05, 4.69) is 19.8 Å². The first kappa shape index (κ1) is 17.8. The highest BCUT2D eigenvalue weighted by molar-refractivity contribution is 7.89. The maximum Gasteiger partial charge on any atom is 0.245 e. The van der Waals surface area contributed by atoms with Crippen molar-refractivity contribution in [3.63, 3.8) is 0 Å². The number of rotatable bonds is 7. The number of aromatic nitrogens is 2. The highest BCUT2D eigenvalue weighted by Gasteiger charge is 2.30. The first-order valence-electron chi connectivity index (χ1n) is 8.75. The van der Waals surface area contributed by atoms with Gasteiger partial charge in [-0.3, -0.25) is 4.90 Å². The van der Waals surface area contributed by atoms with Gasteiger partial charge in [0.1, 0.15) is 6.10 Å². The van der Waals surface area contributed by atoms with Crippen LogP contribution >= 0.6 is 0 Å². The first-order valence-corrected chi connectivity index (χ1v) is 10.4. The Balaban J connectivity index is 1.61. The molecule has 1 aromatic heterocycles. The van der Waals surface area contributed by atoms with Crippen LogP contribution in [0.5, 0.6) is 0 Å². The van der Waals surface area contributed by atoms with Gasteiger partial charge in [-0.25, -0.2) is 13.1 Å². The zero-order valence-electron chi connectivity index (χ0n) is 14.1. The summed E-state index contributed by atoms with van der Waals surface area (Å²) in [6.07, 6.45) is 5.04. The van der Waals surface area contributed by atoms with E-state index in [1.807, 2.05) is 0 Å². The van der Waals surface area contributed by atoms with Crippen molar-refractivity contribution < 1.29 is 17.6 Å². The Labute approximate surface area is 143 Å². The molecule has 0 aromatic carbocycles. The van der Waals surface area contributed by atoms with E-state index in [1.165, 1.54) is 0 Å². The molecule has 2 saturated heterocycles. The molecule has 1 unspecified atom stereocenters. The van der Waals surface area contributed by atoms with Crippen molar-refractivity contribution in [3.05, 3.63) is 11.8 Å². The van der Waals surface area contributed by atoms with Gasteiger partial charge < -0.3 is 9.15 Å². The van der Waals surface area contributed by atoms with Gasteiger partial charge in [-0.2, -0.15) is 0 Å². The molecule has 2 aliphatic rings. The summed E-state index contributed by atoms with van der Waals surface area (Å²) in [6, 6.07) is 0.0625. The Bertz CT molecular complexity index is 627. The second kappa shape index (κ2) is 7.90. The molecule has 136 valence electrons. The summed E-state index contributed by atoms with van der Waals surface area (Å²) in [5.41, 5.74) is 0. The normalized spacial score (nSPS) is 26.0. The van der Waals surface area contributed by atoms with Crippen molar-refractivity contribution in [3.8, 4) is 0 Å². The first-order chi connectivity index (χ1) is 11.6. The summed E-state index contributed by atoms with van der Waals surface area (Å²) in [4.78, 5) is 2.23. The van der Waals surface area contributed by atoms with E-state index in [0.29, 0.717) is 24.9 Å². The fraction of sp³-hybridized carbons (Fsp3) is 0.867. The van der Waals surface area contributed by atoms with Crippen LogP contribution in [0.4, 0.5) is 0 Å². The maximum absolute atomic E-state index is 11.6. The van der Waals surface area contributed by atoms with E-state index in [1.54, 1.807) is 6.92 Å². The fourth-order valence-corrected chi connectivity index (χ4v) is 3.88. The molecule has 3 rings (SSSR count). The summed E-state index contributed by atoms with van der Waals surface area (Å²) in [6.45, 7) is 4.34. The second-order valence-electron chi connectivity index (χ2n) is 6.33. The number of likely N-dealkylation sites (tertiary alicyclic amines) is 1. The number of ether oxygens (including phenoxy) is 1. The lowest BCUT2D eigenvalue weighted by atomic mass is 10.0. The molecule has 8 nitrogen and oxygen atoms in total. The maximum atomic E-state index is 11.6. The molecule has 2 aliphatic heterocycles. The summed E-state index contributed by atoms with van der Waals surface area (Å²) in [5.74, 6) is 1.29. The molecule has 0 saturated carbocycles. The van der Waals surface area contributed by atoms with Gasteiger partial charge in [0.2, 0.25) is 21.8 Å². The van der Waals surface area contributed by atoms with Crippen LogP contribution in [0.2, 0.25) is 0 Å². The minimum absolute atomic E-state index is 0.0625. The van der Waals surface area contributed by atoms with Crippen LogP contribution in [0.3, 0.4) is 0 Å². The van der Waals surface area contributed by atoms with E-state index in [-0.39, 0.29) is 17.9 Å². The van der Waals surface area contributed by atoms with Gasteiger partial charge in [0.25, 0.3) is 0 Å². The molecule has 1 N–H and O–H groups in total. The van der Waals surface area contributed by atoms with Crippen molar-refractivity contribution in [2.24, 2.45) is 0 Å². The van der Waals surface area contributed by atoms with Crippen molar-refractivity contribution >= 4 is 10.0 Å². The highest BCUT2D eigenvalue weighted by Crippen LogP contribution is 2.33. The highest BCUT2D eigenvalue weighted by atomic mass is 32.2. The minimum atomic E-state index is -3.15. The average Bonchev–Trinajstić information content (AvgIpc) is 3.26. The third kappa shape index (κ3) is 4.33. The number of sulfonamides is 1. The number of nitrogens with zero attached hydrogens (tertiary/aromatic N) is 3. The zero-order valence-corrected chi connectivity index (χ0v) is 14.9. The lowest BCUT2D eigenvalue weighted by molar-refractivity contribution is 0.0811. The molecule has 0 aliphatic carbocycles. The minimum Gasteiger partial charge on any atom is -0.421 e. The predicted molar refractivity (Wildman–Crippen MR) is 87.9 cm³/mol. The standard InChI is InChI=1S/C15H26N4O4S/c1-2-24(20,21)16-8-10-19-9-4-3-6-12(19)14-17-18-15(23-14)13-7-5-11-22-13/h12-13,16H,2-11H2,1H3/t12?,13-/m1/s1. The Morgan fingerprint density at radius 1 is 1.21 bits per heavy atom. The van der Waals surface area contributed by atoms with Gasteiger partial charge in [-0.05, 0) is 39.2 Å². The van der Waals surface area contributed by atoms with E-state index >= 15 is 0 Å². The lowest BCUT2D eigenvalue weighted by Gasteiger charge is -2.33.